The zero-order valence-corrected chi connectivity index (χ0v) is 14.7. The fourth-order valence-corrected chi connectivity index (χ4v) is 3.86. The number of sulfonamides is 1. The predicted molar refractivity (Wildman–Crippen MR) is 84.6 cm³/mol. The summed E-state index contributed by atoms with van der Waals surface area (Å²) in [6, 6.07) is 0. The third kappa shape index (κ3) is 3.70. The van der Waals surface area contributed by atoms with Crippen LogP contribution in [0.5, 0.6) is 0 Å². The van der Waals surface area contributed by atoms with Crippen molar-refractivity contribution >= 4 is 27.2 Å². The molecule has 14 heteroatoms. The highest BCUT2D eigenvalue weighted by Crippen LogP contribution is 2.32. The van der Waals surface area contributed by atoms with Gasteiger partial charge in [0.2, 0.25) is 10.0 Å². The molecule has 3 aromatic heterocycles. The molecule has 0 amide bonds. The number of halogens is 3. The van der Waals surface area contributed by atoms with E-state index in [1.54, 1.807) is 0 Å². The number of aromatic nitrogens is 5. The van der Waals surface area contributed by atoms with Gasteiger partial charge in [-0.05, 0) is 6.92 Å². The number of hydrogen-bond donors (Lipinski definition) is 1. The first-order valence-corrected chi connectivity index (χ1v) is 9.48. The predicted octanol–water partition coefficient (Wildman–Crippen LogP) is 2.29. The molecule has 0 fully saturated rings. The van der Waals surface area contributed by atoms with Crippen LogP contribution in [0.1, 0.15) is 17.8 Å². The molecule has 0 atom stereocenters. The van der Waals surface area contributed by atoms with Crippen molar-refractivity contribution in [3.8, 4) is 10.8 Å². The number of hydrogen-bond acceptors (Lipinski definition) is 8. The molecule has 0 spiro atoms. The van der Waals surface area contributed by atoms with Crippen molar-refractivity contribution < 1.29 is 26.0 Å². The highest BCUT2D eigenvalue weighted by atomic mass is 32.2. The Bertz CT molecular complexity index is 980. The van der Waals surface area contributed by atoms with Crippen LogP contribution in [0.15, 0.2) is 23.1 Å². The lowest BCUT2D eigenvalue weighted by atomic mass is 10.5. The van der Waals surface area contributed by atoms with Crippen LogP contribution in [0.2, 0.25) is 0 Å². The largest absolute Gasteiger partial charge is 0.470 e. The number of alkyl halides is 3. The van der Waals surface area contributed by atoms with Crippen molar-refractivity contribution in [2.75, 3.05) is 10.1 Å². The third-order valence-electron chi connectivity index (χ3n) is 3.16. The normalized spacial score (nSPS) is 12.5. The van der Waals surface area contributed by atoms with Crippen molar-refractivity contribution in [1.29, 1.82) is 0 Å². The van der Waals surface area contributed by atoms with E-state index in [1.165, 1.54) is 25.6 Å². The summed E-state index contributed by atoms with van der Waals surface area (Å²) in [7, 11) is -3.62. The van der Waals surface area contributed by atoms with Gasteiger partial charge in [-0.15, -0.1) is 21.5 Å². The Hall–Kier alpha value is -2.48. The maximum atomic E-state index is 12.5. The van der Waals surface area contributed by atoms with E-state index in [4.69, 9.17) is 0 Å². The third-order valence-corrected chi connectivity index (χ3v) is 5.86. The van der Waals surface area contributed by atoms with Gasteiger partial charge in [0, 0.05) is 0 Å². The second kappa shape index (κ2) is 6.68. The Kier molecular flexibility index (Phi) is 4.70. The lowest BCUT2D eigenvalue weighted by Gasteiger charge is -2.20. The Balaban J connectivity index is 1.86. The van der Waals surface area contributed by atoms with Gasteiger partial charge in [0.1, 0.15) is 15.7 Å². The molecule has 0 aliphatic carbocycles. The van der Waals surface area contributed by atoms with Crippen LogP contribution in [-0.4, -0.2) is 39.3 Å². The quantitative estimate of drug-likeness (QED) is 0.665. The minimum absolute atomic E-state index is 0.122. The summed E-state index contributed by atoms with van der Waals surface area (Å²) in [5.74, 6) is -1.70. The molecule has 3 aromatic rings. The summed E-state index contributed by atoms with van der Waals surface area (Å²) in [4.78, 5) is 10.7. The van der Waals surface area contributed by atoms with E-state index in [0.29, 0.717) is 5.01 Å². The molecular formula is C12H11F3N6O3S2. The number of thiazole rings is 1. The molecule has 140 valence electrons. The molecule has 0 aromatic carbocycles. The summed E-state index contributed by atoms with van der Waals surface area (Å²) >= 11 is 0.947. The van der Waals surface area contributed by atoms with Crippen molar-refractivity contribution in [1.82, 2.24) is 25.1 Å². The summed E-state index contributed by atoms with van der Waals surface area (Å²) in [5.41, 5.74) is 0. The highest BCUT2D eigenvalue weighted by Gasteiger charge is 2.38. The van der Waals surface area contributed by atoms with Crippen LogP contribution in [0.4, 0.5) is 19.0 Å². The van der Waals surface area contributed by atoms with E-state index < -0.39 is 22.1 Å². The molecule has 26 heavy (non-hydrogen) atoms. The molecule has 9 nitrogen and oxygen atoms in total. The van der Waals surface area contributed by atoms with Crippen molar-refractivity contribution in [3.63, 3.8) is 0 Å². The summed E-state index contributed by atoms with van der Waals surface area (Å²) in [6.45, 7) is 1.37. The van der Waals surface area contributed by atoms with Gasteiger partial charge in [-0.1, -0.05) is 0 Å². The molecule has 3 rings (SSSR count). The van der Waals surface area contributed by atoms with Crippen LogP contribution in [0.25, 0.3) is 10.8 Å². The molecule has 0 aliphatic heterocycles. The molecule has 0 bridgehead atoms. The average molecular weight is 408 g/mol. The van der Waals surface area contributed by atoms with Gasteiger partial charge in [-0.2, -0.15) is 13.2 Å². The molecule has 3 heterocycles. The maximum Gasteiger partial charge on any atom is 0.470 e. The average Bonchev–Trinajstić information content (AvgIpc) is 3.31. The summed E-state index contributed by atoms with van der Waals surface area (Å²) in [6.07, 6.45) is -0.823. The Morgan fingerprint density at radius 2 is 2.08 bits per heavy atom. The minimum Gasteiger partial charge on any atom is -0.412 e. The number of nitrogens with one attached hydrogen (secondary N) is 1. The smallest absolute Gasteiger partial charge is 0.412 e. The number of anilines is 1. The Morgan fingerprint density at radius 3 is 2.65 bits per heavy atom. The molecule has 1 N–H and O–H groups in total. The number of imidazole rings is 1. The van der Waals surface area contributed by atoms with E-state index in [1.807, 2.05) is 0 Å². The Labute approximate surface area is 149 Å². The van der Waals surface area contributed by atoms with E-state index in [0.717, 1.165) is 15.6 Å². The van der Waals surface area contributed by atoms with E-state index >= 15 is 0 Å². The molecule has 0 saturated carbocycles. The number of rotatable bonds is 6. The van der Waals surface area contributed by atoms with Gasteiger partial charge in [0.05, 0.1) is 31.0 Å². The van der Waals surface area contributed by atoms with Crippen LogP contribution in [-0.2, 0) is 22.7 Å². The first-order chi connectivity index (χ1) is 12.2. The topological polar surface area (TPSA) is 118 Å². The SMILES string of the molecule is CCS(=O)(=O)N(Cc1ncc(-c2nnc(C(F)(F)F)o2)s1)c1cnc[nH]1. The lowest BCUT2D eigenvalue weighted by Crippen LogP contribution is -2.32. The molecule has 0 radical (unpaired) electrons. The van der Waals surface area contributed by atoms with Gasteiger partial charge in [0.25, 0.3) is 5.89 Å². The van der Waals surface area contributed by atoms with Crippen LogP contribution >= 0.6 is 11.3 Å². The van der Waals surface area contributed by atoms with Gasteiger partial charge in [0.15, 0.2) is 0 Å². The van der Waals surface area contributed by atoms with Crippen molar-refractivity contribution in [2.24, 2.45) is 0 Å². The van der Waals surface area contributed by atoms with Crippen LogP contribution < -0.4 is 4.31 Å². The first kappa shape index (κ1) is 18.3. The second-order valence-electron chi connectivity index (χ2n) is 4.87. The summed E-state index contributed by atoms with van der Waals surface area (Å²) in [5, 5.41) is 6.62. The van der Waals surface area contributed by atoms with Gasteiger partial charge < -0.3 is 9.40 Å². The first-order valence-electron chi connectivity index (χ1n) is 7.05. The van der Waals surface area contributed by atoms with Crippen molar-refractivity contribution in [2.45, 2.75) is 19.6 Å². The maximum absolute atomic E-state index is 12.5. The molecule has 0 aliphatic rings. The number of nitrogens with zero attached hydrogens (tertiary/aromatic N) is 5. The fraction of sp³-hybridized carbons (Fsp3) is 0.333. The van der Waals surface area contributed by atoms with E-state index in [9.17, 15) is 21.6 Å². The zero-order chi connectivity index (χ0) is 18.9. The van der Waals surface area contributed by atoms with Crippen LogP contribution in [0, 0.1) is 0 Å². The fourth-order valence-electron chi connectivity index (χ4n) is 1.92. The van der Waals surface area contributed by atoms with Gasteiger partial charge in [-0.25, -0.2) is 22.7 Å². The zero-order valence-electron chi connectivity index (χ0n) is 13.1. The van der Waals surface area contributed by atoms with Gasteiger partial charge in [-0.3, -0.25) is 0 Å². The van der Waals surface area contributed by atoms with E-state index in [2.05, 4.69) is 29.6 Å². The molecular weight excluding hydrogens is 397 g/mol. The number of H-pyrrole nitrogens is 1. The second-order valence-corrected chi connectivity index (χ2v) is 8.17. The molecule has 0 unspecified atom stereocenters. The minimum atomic E-state index is -4.74. The van der Waals surface area contributed by atoms with Crippen LogP contribution in [0.3, 0.4) is 0 Å². The lowest BCUT2D eigenvalue weighted by molar-refractivity contribution is -0.156. The summed E-state index contributed by atoms with van der Waals surface area (Å²) < 4.78 is 67.8. The molecule has 0 saturated heterocycles. The number of aromatic amines is 1. The van der Waals surface area contributed by atoms with Crippen molar-refractivity contribution in [3.05, 3.63) is 29.6 Å². The standard InChI is InChI=1S/C12H11F3N6O3S2/c1-2-26(22,23)21(8-4-16-6-18-8)5-9-17-3-7(25-9)10-19-20-11(24-10)12(13,14)15/h3-4,6H,2,5H2,1H3,(H,16,18). The van der Waals surface area contributed by atoms with E-state index in [-0.39, 0.29) is 28.9 Å². The monoisotopic (exact) mass is 408 g/mol. The van der Waals surface area contributed by atoms with Gasteiger partial charge >= 0.3 is 12.1 Å². The highest BCUT2D eigenvalue weighted by molar-refractivity contribution is 7.92. The Morgan fingerprint density at radius 1 is 1.31 bits per heavy atom.